The van der Waals surface area contributed by atoms with E-state index in [9.17, 15) is 0 Å². The van der Waals surface area contributed by atoms with Crippen molar-refractivity contribution in [1.82, 2.24) is 10.3 Å². The molecule has 1 aliphatic rings. The molecule has 2 rings (SSSR count). The summed E-state index contributed by atoms with van der Waals surface area (Å²) in [5, 5.41) is 4.21. The molecule has 1 saturated heterocycles. The van der Waals surface area contributed by atoms with E-state index >= 15 is 0 Å². The van der Waals surface area contributed by atoms with Crippen molar-refractivity contribution < 1.29 is 4.42 Å². The van der Waals surface area contributed by atoms with Crippen LogP contribution in [0.3, 0.4) is 0 Å². The maximum absolute atomic E-state index is 5.54. The van der Waals surface area contributed by atoms with Crippen molar-refractivity contribution in [1.29, 1.82) is 0 Å². The minimum Gasteiger partial charge on any atom is -0.437 e. The van der Waals surface area contributed by atoms with E-state index in [2.05, 4.69) is 10.3 Å². The third-order valence-electron chi connectivity index (χ3n) is 2.91. The molecule has 4 heteroatoms. The average Bonchev–Trinajstić information content (AvgIpc) is 2.57. The van der Waals surface area contributed by atoms with Crippen LogP contribution in [0.5, 0.6) is 0 Å². The van der Waals surface area contributed by atoms with Crippen molar-refractivity contribution in [2.45, 2.75) is 31.9 Å². The standard InChI is InChI=1S/C11H18N2OS/c1-8-9(2)14-11(13-8)15-7-10-3-5-12-6-4-10/h10,12H,3-7H2,1-2H3. The fraction of sp³-hybridized carbons (Fsp3) is 0.727. The van der Waals surface area contributed by atoms with Crippen LogP contribution in [0.25, 0.3) is 0 Å². The lowest BCUT2D eigenvalue weighted by molar-refractivity contribution is 0.402. The summed E-state index contributed by atoms with van der Waals surface area (Å²) >= 11 is 1.76. The molecule has 0 aliphatic carbocycles. The Morgan fingerprint density at radius 1 is 1.40 bits per heavy atom. The van der Waals surface area contributed by atoms with Crippen LogP contribution < -0.4 is 5.32 Å². The molecular weight excluding hydrogens is 208 g/mol. The van der Waals surface area contributed by atoms with E-state index in [0.29, 0.717) is 0 Å². The molecule has 0 unspecified atom stereocenters. The van der Waals surface area contributed by atoms with Crippen LogP contribution in [0.15, 0.2) is 9.64 Å². The third kappa shape index (κ3) is 2.98. The van der Waals surface area contributed by atoms with Gasteiger partial charge in [-0.3, -0.25) is 0 Å². The Kier molecular flexibility index (Phi) is 3.70. The number of aromatic nitrogens is 1. The van der Waals surface area contributed by atoms with Crippen LogP contribution in [0.1, 0.15) is 24.3 Å². The summed E-state index contributed by atoms with van der Waals surface area (Å²) in [6.45, 7) is 6.29. The van der Waals surface area contributed by atoms with Gasteiger partial charge in [0, 0.05) is 5.75 Å². The van der Waals surface area contributed by atoms with Crippen molar-refractivity contribution in [3.63, 3.8) is 0 Å². The van der Waals surface area contributed by atoms with Gasteiger partial charge in [0.25, 0.3) is 5.22 Å². The van der Waals surface area contributed by atoms with Gasteiger partial charge < -0.3 is 9.73 Å². The normalized spacial score (nSPS) is 18.3. The van der Waals surface area contributed by atoms with Crippen LogP contribution in [0, 0.1) is 19.8 Å². The number of hydrogen-bond donors (Lipinski definition) is 1. The predicted octanol–water partition coefficient (Wildman–Crippen LogP) is 2.38. The number of nitrogens with one attached hydrogen (secondary N) is 1. The number of hydrogen-bond acceptors (Lipinski definition) is 4. The highest BCUT2D eigenvalue weighted by atomic mass is 32.2. The van der Waals surface area contributed by atoms with Gasteiger partial charge in [0.05, 0.1) is 5.69 Å². The second kappa shape index (κ2) is 5.03. The lowest BCUT2D eigenvalue weighted by atomic mass is 10.0. The maximum Gasteiger partial charge on any atom is 0.256 e. The Labute approximate surface area is 95.0 Å². The van der Waals surface area contributed by atoms with Gasteiger partial charge in [-0.2, -0.15) is 0 Å². The first kappa shape index (κ1) is 11.0. The zero-order valence-electron chi connectivity index (χ0n) is 9.38. The molecule has 0 radical (unpaired) electrons. The highest BCUT2D eigenvalue weighted by molar-refractivity contribution is 7.99. The van der Waals surface area contributed by atoms with Crippen molar-refractivity contribution in [3.05, 3.63) is 11.5 Å². The maximum atomic E-state index is 5.54. The van der Waals surface area contributed by atoms with Crippen molar-refractivity contribution in [3.8, 4) is 0 Å². The summed E-state index contributed by atoms with van der Waals surface area (Å²) in [5.74, 6) is 2.91. The molecular formula is C11H18N2OS. The Morgan fingerprint density at radius 2 is 2.13 bits per heavy atom. The van der Waals surface area contributed by atoms with Gasteiger partial charge in [0.2, 0.25) is 0 Å². The number of thioether (sulfide) groups is 1. The van der Waals surface area contributed by atoms with Crippen molar-refractivity contribution >= 4 is 11.8 Å². The molecule has 0 saturated carbocycles. The molecule has 2 heterocycles. The minimum atomic E-state index is 0.823. The van der Waals surface area contributed by atoms with Gasteiger partial charge in [-0.05, 0) is 45.7 Å². The smallest absolute Gasteiger partial charge is 0.256 e. The van der Waals surface area contributed by atoms with E-state index < -0.39 is 0 Å². The van der Waals surface area contributed by atoms with Crippen LogP contribution in [0.2, 0.25) is 0 Å². The Morgan fingerprint density at radius 3 is 2.73 bits per heavy atom. The van der Waals surface area contributed by atoms with Gasteiger partial charge in [0.15, 0.2) is 0 Å². The molecule has 15 heavy (non-hydrogen) atoms. The second-order valence-corrected chi connectivity index (χ2v) is 5.10. The molecule has 84 valence electrons. The summed E-state index contributed by atoms with van der Waals surface area (Å²) < 4.78 is 5.54. The van der Waals surface area contributed by atoms with E-state index in [0.717, 1.165) is 41.4 Å². The monoisotopic (exact) mass is 226 g/mol. The zero-order chi connectivity index (χ0) is 10.7. The van der Waals surface area contributed by atoms with Gasteiger partial charge in [-0.25, -0.2) is 4.98 Å². The van der Waals surface area contributed by atoms with E-state index in [-0.39, 0.29) is 0 Å². The molecule has 1 aliphatic heterocycles. The third-order valence-corrected chi connectivity index (χ3v) is 3.97. The number of aryl methyl sites for hydroxylation is 2. The molecule has 1 aromatic heterocycles. The number of nitrogens with zero attached hydrogens (tertiary/aromatic N) is 1. The fourth-order valence-corrected chi connectivity index (χ4v) is 2.84. The predicted molar refractivity (Wildman–Crippen MR) is 62.3 cm³/mol. The van der Waals surface area contributed by atoms with E-state index in [1.54, 1.807) is 11.8 Å². The van der Waals surface area contributed by atoms with Crippen LogP contribution in [0.4, 0.5) is 0 Å². The highest BCUT2D eigenvalue weighted by Gasteiger charge is 2.15. The van der Waals surface area contributed by atoms with Gasteiger partial charge >= 0.3 is 0 Å². The second-order valence-electron chi connectivity index (χ2n) is 4.13. The number of oxazole rings is 1. The van der Waals surface area contributed by atoms with E-state index in [4.69, 9.17) is 4.42 Å². The summed E-state index contributed by atoms with van der Waals surface area (Å²) in [5.41, 5.74) is 1.02. The fourth-order valence-electron chi connectivity index (χ4n) is 1.74. The van der Waals surface area contributed by atoms with Gasteiger partial charge in [-0.15, -0.1) is 0 Å². The Hall–Kier alpha value is -0.480. The summed E-state index contributed by atoms with van der Waals surface area (Å²) in [6.07, 6.45) is 2.57. The van der Waals surface area contributed by atoms with Gasteiger partial charge in [0.1, 0.15) is 5.76 Å². The molecule has 1 fully saturated rings. The van der Waals surface area contributed by atoms with Crippen molar-refractivity contribution in [2.75, 3.05) is 18.8 Å². The van der Waals surface area contributed by atoms with E-state index in [1.807, 2.05) is 13.8 Å². The topological polar surface area (TPSA) is 38.1 Å². The molecule has 0 bridgehead atoms. The largest absolute Gasteiger partial charge is 0.437 e. The number of piperidine rings is 1. The van der Waals surface area contributed by atoms with E-state index in [1.165, 1.54) is 12.8 Å². The molecule has 0 atom stereocenters. The lowest BCUT2D eigenvalue weighted by Crippen LogP contribution is -2.28. The summed E-state index contributed by atoms with van der Waals surface area (Å²) in [6, 6.07) is 0. The molecule has 0 spiro atoms. The van der Waals surface area contributed by atoms with Gasteiger partial charge in [-0.1, -0.05) is 11.8 Å². The quantitative estimate of drug-likeness (QED) is 0.803. The minimum absolute atomic E-state index is 0.823. The molecule has 3 nitrogen and oxygen atoms in total. The molecule has 0 aromatic carbocycles. The molecule has 1 N–H and O–H groups in total. The average molecular weight is 226 g/mol. The first-order valence-corrected chi connectivity index (χ1v) is 6.52. The summed E-state index contributed by atoms with van der Waals surface area (Å²) in [7, 11) is 0. The van der Waals surface area contributed by atoms with Crippen molar-refractivity contribution in [2.24, 2.45) is 5.92 Å². The zero-order valence-corrected chi connectivity index (χ0v) is 10.2. The first-order chi connectivity index (χ1) is 7.25. The number of rotatable bonds is 3. The summed E-state index contributed by atoms with van der Waals surface area (Å²) in [4.78, 5) is 4.38. The van der Waals surface area contributed by atoms with Crippen LogP contribution >= 0.6 is 11.8 Å². The molecule has 0 amide bonds. The Bertz CT molecular complexity index is 299. The van der Waals surface area contributed by atoms with Crippen LogP contribution in [-0.2, 0) is 0 Å². The lowest BCUT2D eigenvalue weighted by Gasteiger charge is -2.21. The van der Waals surface area contributed by atoms with Crippen LogP contribution in [-0.4, -0.2) is 23.8 Å². The first-order valence-electron chi connectivity index (χ1n) is 5.53. The SMILES string of the molecule is Cc1nc(SCC2CCNCC2)oc1C. The Balaban J connectivity index is 1.81. The highest BCUT2D eigenvalue weighted by Crippen LogP contribution is 2.25. The molecule has 1 aromatic rings.